The third kappa shape index (κ3) is 7.43. The summed E-state index contributed by atoms with van der Waals surface area (Å²) in [6.07, 6.45) is 1.18. The van der Waals surface area contributed by atoms with Crippen LogP contribution in [0.2, 0.25) is 19.1 Å². The summed E-state index contributed by atoms with van der Waals surface area (Å²) in [6, 6.07) is 4.79. The maximum Gasteiger partial charge on any atom is 0.186 e. The summed E-state index contributed by atoms with van der Waals surface area (Å²) in [7, 11) is 6.15. The molecule has 0 heterocycles. The van der Waals surface area contributed by atoms with Crippen molar-refractivity contribution < 1.29 is 23.1 Å². The third-order valence-corrected chi connectivity index (χ3v) is 7.19. The molecule has 0 saturated carbocycles. The molecule has 0 aliphatic rings. The Bertz CT molecular complexity index is 539. The number of anilines is 1. The molecule has 0 amide bonds. The Balaban J connectivity index is 2.51. The topological polar surface area (TPSA) is 62.9 Å². The lowest BCUT2D eigenvalue weighted by Crippen LogP contribution is -2.44. The van der Waals surface area contributed by atoms with Crippen molar-refractivity contribution in [1.82, 2.24) is 0 Å². The van der Waals surface area contributed by atoms with Crippen molar-refractivity contribution in [2.45, 2.75) is 32.5 Å². The Morgan fingerprint density at radius 2 is 1.62 bits per heavy atom. The van der Waals surface area contributed by atoms with Gasteiger partial charge < -0.3 is 28.9 Å². The molecule has 6 nitrogen and oxygen atoms in total. The highest BCUT2D eigenvalue weighted by atomic mass is 28.4. The van der Waals surface area contributed by atoms with E-state index < -0.39 is 8.32 Å². The first-order chi connectivity index (χ1) is 12.1. The minimum atomic E-state index is -1.49. The first-order valence-electron chi connectivity index (χ1n) is 9.24. The number of nitrogens with two attached hydrogens (primary N) is 1. The predicted molar refractivity (Wildman–Crippen MR) is 110 cm³/mol. The molecule has 0 fully saturated rings. The van der Waals surface area contributed by atoms with Crippen LogP contribution in [0, 0.1) is 0 Å². The number of methoxy groups -OCH3 is 2. The van der Waals surface area contributed by atoms with Crippen LogP contribution in [-0.4, -0.2) is 67.4 Å². The van der Waals surface area contributed by atoms with Crippen molar-refractivity contribution in [3.05, 3.63) is 12.1 Å². The number of nitrogens with zero attached hydrogens (tertiary/aromatic N) is 1. The van der Waals surface area contributed by atoms with Crippen LogP contribution in [0.5, 0.6) is 17.2 Å². The average molecular weight is 386 g/mol. The second-order valence-electron chi connectivity index (χ2n) is 7.77. The fourth-order valence-electron chi connectivity index (χ4n) is 2.92. The summed E-state index contributed by atoms with van der Waals surface area (Å²) in [6.45, 7) is 10.1. The highest BCUT2D eigenvalue weighted by molar-refractivity contribution is 6.71. The molecule has 7 heteroatoms. The number of likely N-dealkylation sites (N-methyl/N-ethyl adjacent to an activating group) is 1. The Kier molecular flexibility index (Phi) is 8.72. The highest BCUT2D eigenvalue weighted by Crippen LogP contribution is 2.36. The molecule has 0 spiro atoms. The van der Waals surface area contributed by atoms with Crippen LogP contribution >= 0.6 is 0 Å². The van der Waals surface area contributed by atoms with Crippen LogP contribution in [0.25, 0.3) is 0 Å². The van der Waals surface area contributed by atoms with Crippen LogP contribution in [0.3, 0.4) is 0 Å². The van der Waals surface area contributed by atoms with Gasteiger partial charge in [0.05, 0.1) is 34.9 Å². The monoisotopic (exact) mass is 385 g/mol. The lowest BCUT2D eigenvalue weighted by Gasteiger charge is -2.31. The van der Waals surface area contributed by atoms with E-state index in [2.05, 4.69) is 34.1 Å². The van der Waals surface area contributed by atoms with Gasteiger partial charge in [0.1, 0.15) is 36.1 Å². The van der Waals surface area contributed by atoms with Gasteiger partial charge in [0.15, 0.2) is 8.32 Å². The van der Waals surface area contributed by atoms with E-state index in [0.29, 0.717) is 29.5 Å². The SMILES string of the molecule is CCO[Si](C)(C)CCC[N+](C)(C)CCOc1cc(OC)c(N)c(OC)c1. The first kappa shape index (κ1) is 22.6. The number of hydrogen-bond donors (Lipinski definition) is 1. The molecule has 150 valence electrons. The minimum absolute atomic E-state index is 0.486. The molecular formula is C19H37N2O4Si+. The van der Waals surface area contributed by atoms with E-state index in [0.717, 1.165) is 24.2 Å². The molecule has 0 aliphatic heterocycles. The number of hydrogen-bond acceptors (Lipinski definition) is 5. The maximum absolute atomic E-state index is 5.97. The molecule has 0 unspecified atom stereocenters. The molecule has 0 aliphatic carbocycles. The van der Waals surface area contributed by atoms with E-state index in [1.54, 1.807) is 26.4 Å². The van der Waals surface area contributed by atoms with Crippen molar-refractivity contribution >= 4 is 14.0 Å². The van der Waals surface area contributed by atoms with Gasteiger partial charge in [0, 0.05) is 18.7 Å². The number of benzene rings is 1. The fraction of sp³-hybridized carbons (Fsp3) is 0.684. The normalized spacial score (nSPS) is 12.1. The molecule has 0 saturated heterocycles. The Labute approximate surface area is 159 Å². The van der Waals surface area contributed by atoms with Gasteiger partial charge in [-0.2, -0.15) is 0 Å². The zero-order valence-corrected chi connectivity index (χ0v) is 18.6. The van der Waals surface area contributed by atoms with Crippen molar-refractivity contribution in [3.63, 3.8) is 0 Å². The van der Waals surface area contributed by atoms with Crippen LogP contribution in [0.1, 0.15) is 13.3 Å². The van der Waals surface area contributed by atoms with E-state index in [1.165, 1.54) is 12.5 Å². The predicted octanol–water partition coefficient (Wildman–Crippen LogP) is 3.37. The van der Waals surface area contributed by atoms with Gasteiger partial charge >= 0.3 is 0 Å². The van der Waals surface area contributed by atoms with Crippen LogP contribution in [-0.2, 0) is 4.43 Å². The van der Waals surface area contributed by atoms with Gasteiger partial charge in [-0.3, -0.25) is 0 Å². The van der Waals surface area contributed by atoms with Gasteiger partial charge in [0.25, 0.3) is 0 Å². The van der Waals surface area contributed by atoms with E-state index >= 15 is 0 Å². The van der Waals surface area contributed by atoms with Gasteiger partial charge in [-0.1, -0.05) is 0 Å². The molecule has 26 heavy (non-hydrogen) atoms. The summed E-state index contributed by atoms with van der Waals surface area (Å²) < 4.78 is 23.3. The van der Waals surface area contributed by atoms with E-state index in [4.69, 9.17) is 24.4 Å². The summed E-state index contributed by atoms with van der Waals surface area (Å²) >= 11 is 0. The van der Waals surface area contributed by atoms with Gasteiger partial charge in [0.2, 0.25) is 0 Å². The molecule has 0 aromatic heterocycles. The van der Waals surface area contributed by atoms with Crippen LogP contribution in [0.4, 0.5) is 5.69 Å². The van der Waals surface area contributed by atoms with Crippen molar-refractivity contribution in [3.8, 4) is 17.2 Å². The maximum atomic E-state index is 5.97. The van der Waals surface area contributed by atoms with Gasteiger partial charge in [-0.25, -0.2) is 0 Å². The molecule has 1 aromatic rings. The van der Waals surface area contributed by atoms with Gasteiger partial charge in [-0.05, 0) is 32.5 Å². The number of nitrogen functional groups attached to an aromatic ring is 1. The lowest BCUT2D eigenvalue weighted by atomic mass is 10.2. The zero-order chi connectivity index (χ0) is 19.8. The summed E-state index contributed by atoms with van der Waals surface area (Å²) in [5.74, 6) is 1.84. The molecule has 0 bridgehead atoms. The fourth-order valence-corrected chi connectivity index (χ4v) is 4.85. The Hall–Kier alpha value is -1.44. The smallest absolute Gasteiger partial charge is 0.186 e. The Morgan fingerprint density at radius 1 is 1.04 bits per heavy atom. The van der Waals surface area contributed by atoms with E-state index in [1.807, 2.05) is 0 Å². The molecule has 2 N–H and O–H groups in total. The molecular weight excluding hydrogens is 348 g/mol. The number of ether oxygens (including phenoxy) is 3. The van der Waals surface area contributed by atoms with E-state index in [9.17, 15) is 0 Å². The quantitative estimate of drug-likeness (QED) is 0.339. The lowest BCUT2D eigenvalue weighted by molar-refractivity contribution is -0.890. The zero-order valence-electron chi connectivity index (χ0n) is 17.6. The van der Waals surface area contributed by atoms with E-state index in [-0.39, 0.29) is 0 Å². The van der Waals surface area contributed by atoms with Crippen molar-refractivity contribution in [2.24, 2.45) is 0 Å². The van der Waals surface area contributed by atoms with Crippen LogP contribution in [0.15, 0.2) is 12.1 Å². The molecule has 1 rings (SSSR count). The summed E-state index contributed by atoms with van der Waals surface area (Å²) in [4.78, 5) is 0. The largest absolute Gasteiger partial charge is 0.494 e. The number of rotatable bonds is 12. The average Bonchev–Trinajstić information content (AvgIpc) is 2.55. The number of quaternary nitrogens is 1. The standard InChI is InChI=1S/C19H37N2O4Si/c1-8-25-26(6,7)13-9-10-21(2,3)11-12-24-16-14-17(22-4)19(20)18(15-16)23-5/h14-15H,8-13,20H2,1-7H3/q+1. The molecule has 0 atom stereocenters. The Morgan fingerprint density at radius 3 is 2.12 bits per heavy atom. The highest BCUT2D eigenvalue weighted by Gasteiger charge is 2.23. The van der Waals surface area contributed by atoms with Gasteiger partial charge in [-0.15, -0.1) is 0 Å². The van der Waals surface area contributed by atoms with Crippen molar-refractivity contribution in [1.29, 1.82) is 0 Å². The minimum Gasteiger partial charge on any atom is -0.494 e. The van der Waals surface area contributed by atoms with Crippen LogP contribution < -0.4 is 19.9 Å². The molecule has 1 aromatic carbocycles. The second-order valence-corrected chi connectivity index (χ2v) is 12.1. The molecule has 0 radical (unpaired) electrons. The van der Waals surface area contributed by atoms with Crippen molar-refractivity contribution in [2.75, 3.05) is 60.4 Å². The first-order valence-corrected chi connectivity index (χ1v) is 12.4. The third-order valence-electron chi connectivity index (χ3n) is 4.56. The summed E-state index contributed by atoms with van der Waals surface area (Å²) in [5.41, 5.74) is 6.45. The second kappa shape index (κ2) is 10.0. The summed E-state index contributed by atoms with van der Waals surface area (Å²) in [5, 5.41) is 0.